The van der Waals surface area contributed by atoms with Gasteiger partial charge in [0.15, 0.2) is 0 Å². The molecule has 0 spiro atoms. The zero-order valence-corrected chi connectivity index (χ0v) is 11.3. The summed E-state index contributed by atoms with van der Waals surface area (Å²) >= 11 is 0. The number of alkyl halides is 3. The standard InChI is InChI=1S/C16H13F3O2/c1-11(20)10-12-2-4-13(5-3-12)14-6-8-15(9-7-14)21-16(17,18)19/h2-9H,10H2,1H3. The molecule has 0 heterocycles. The Morgan fingerprint density at radius 1 is 0.952 bits per heavy atom. The molecule has 0 unspecified atom stereocenters. The van der Waals surface area contributed by atoms with Crippen LogP contribution in [0.25, 0.3) is 11.1 Å². The average Bonchev–Trinajstić information content (AvgIpc) is 2.38. The maximum Gasteiger partial charge on any atom is 0.573 e. The molecule has 0 aliphatic rings. The predicted octanol–water partition coefficient (Wildman–Crippen LogP) is 4.38. The summed E-state index contributed by atoms with van der Waals surface area (Å²) in [5, 5.41) is 0. The Bertz CT molecular complexity index is 613. The summed E-state index contributed by atoms with van der Waals surface area (Å²) < 4.78 is 40.0. The molecular formula is C16H13F3O2. The zero-order chi connectivity index (χ0) is 15.5. The molecule has 0 saturated heterocycles. The fourth-order valence-electron chi connectivity index (χ4n) is 1.95. The number of carbonyl (C=O) groups is 1. The van der Waals surface area contributed by atoms with Gasteiger partial charge in [-0.2, -0.15) is 0 Å². The van der Waals surface area contributed by atoms with E-state index in [0.717, 1.165) is 16.7 Å². The molecule has 2 rings (SSSR count). The van der Waals surface area contributed by atoms with Crippen LogP contribution in [-0.4, -0.2) is 12.1 Å². The van der Waals surface area contributed by atoms with E-state index in [1.807, 2.05) is 24.3 Å². The third-order valence-corrected chi connectivity index (χ3v) is 2.83. The van der Waals surface area contributed by atoms with E-state index in [4.69, 9.17) is 0 Å². The van der Waals surface area contributed by atoms with Gasteiger partial charge in [0.05, 0.1) is 0 Å². The monoisotopic (exact) mass is 294 g/mol. The van der Waals surface area contributed by atoms with Gasteiger partial charge in [-0.1, -0.05) is 36.4 Å². The number of carbonyl (C=O) groups excluding carboxylic acids is 1. The van der Waals surface area contributed by atoms with Crippen molar-refractivity contribution in [1.82, 2.24) is 0 Å². The number of rotatable bonds is 4. The molecule has 0 radical (unpaired) electrons. The number of Topliss-reactive ketones (excluding diaryl/α,β-unsaturated/α-hetero) is 1. The van der Waals surface area contributed by atoms with Gasteiger partial charge in [-0.25, -0.2) is 0 Å². The lowest BCUT2D eigenvalue weighted by Gasteiger charge is -2.09. The van der Waals surface area contributed by atoms with E-state index in [-0.39, 0.29) is 11.5 Å². The van der Waals surface area contributed by atoms with Crippen molar-refractivity contribution in [3.05, 3.63) is 54.1 Å². The van der Waals surface area contributed by atoms with Gasteiger partial charge in [-0.15, -0.1) is 13.2 Å². The normalized spacial score (nSPS) is 11.2. The van der Waals surface area contributed by atoms with E-state index in [2.05, 4.69) is 4.74 Å². The van der Waals surface area contributed by atoms with Gasteiger partial charge in [0.1, 0.15) is 11.5 Å². The van der Waals surface area contributed by atoms with E-state index < -0.39 is 6.36 Å². The van der Waals surface area contributed by atoms with Gasteiger partial charge in [-0.3, -0.25) is 4.79 Å². The molecule has 21 heavy (non-hydrogen) atoms. The molecular weight excluding hydrogens is 281 g/mol. The van der Waals surface area contributed by atoms with Crippen molar-refractivity contribution >= 4 is 5.78 Å². The summed E-state index contributed by atoms with van der Waals surface area (Å²) in [6.45, 7) is 1.52. The molecule has 0 saturated carbocycles. The Kier molecular flexibility index (Phi) is 4.31. The SMILES string of the molecule is CC(=O)Cc1ccc(-c2ccc(OC(F)(F)F)cc2)cc1. The maximum atomic E-state index is 12.1. The molecule has 0 aliphatic heterocycles. The summed E-state index contributed by atoms with van der Waals surface area (Å²) in [5.74, 6) is -0.171. The van der Waals surface area contributed by atoms with E-state index in [0.29, 0.717) is 6.42 Å². The van der Waals surface area contributed by atoms with Gasteiger partial charge in [0.25, 0.3) is 0 Å². The zero-order valence-electron chi connectivity index (χ0n) is 11.3. The molecule has 0 atom stereocenters. The van der Waals surface area contributed by atoms with Crippen molar-refractivity contribution in [2.75, 3.05) is 0 Å². The van der Waals surface area contributed by atoms with Gasteiger partial charge in [0, 0.05) is 6.42 Å². The van der Waals surface area contributed by atoms with Crippen molar-refractivity contribution in [3.63, 3.8) is 0 Å². The summed E-state index contributed by atoms with van der Waals surface area (Å²) in [6, 6.07) is 13.0. The Labute approximate surface area is 120 Å². The third-order valence-electron chi connectivity index (χ3n) is 2.83. The lowest BCUT2D eigenvalue weighted by atomic mass is 10.0. The highest BCUT2D eigenvalue weighted by Crippen LogP contribution is 2.26. The van der Waals surface area contributed by atoms with E-state index in [9.17, 15) is 18.0 Å². The average molecular weight is 294 g/mol. The number of halogens is 3. The highest BCUT2D eigenvalue weighted by atomic mass is 19.4. The summed E-state index contributed by atoms with van der Waals surface area (Å²) in [7, 11) is 0. The minimum Gasteiger partial charge on any atom is -0.406 e. The molecule has 0 fully saturated rings. The van der Waals surface area contributed by atoms with Crippen LogP contribution in [0.15, 0.2) is 48.5 Å². The number of benzene rings is 2. The molecule has 5 heteroatoms. The molecule has 110 valence electrons. The Morgan fingerprint density at radius 3 is 1.86 bits per heavy atom. The summed E-state index contributed by atoms with van der Waals surface area (Å²) in [4.78, 5) is 11.0. The molecule has 0 aromatic heterocycles. The van der Waals surface area contributed by atoms with Gasteiger partial charge in [0.2, 0.25) is 0 Å². The second-order valence-electron chi connectivity index (χ2n) is 4.65. The molecule has 2 aromatic rings. The first kappa shape index (κ1) is 15.1. The van der Waals surface area contributed by atoms with Crippen LogP contribution in [0.1, 0.15) is 12.5 Å². The lowest BCUT2D eigenvalue weighted by Crippen LogP contribution is -2.16. The number of ketones is 1. The fourth-order valence-corrected chi connectivity index (χ4v) is 1.95. The predicted molar refractivity (Wildman–Crippen MR) is 72.9 cm³/mol. The van der Waals surface area contributed by atoms with Crippen LogP contribution >= 0.6 is 0 Å². The number of hydrogen-bond acceptors (Lipinski definition) is 2. The molecule has 0 bridgehead atoms. The van der Waals surface area contributed by atoms with Crippen LogP contribution in [0.4, 0.5) is 13.2 Å². The topological polar surface area (TPSA) is 26.3 Å². The smallest absolute Gasteiger partial charge is 0.406 e. The molecule has 0 N–H and O–H groups in total. The van der Waals surface area contributed by atoms with E-state index in [1.165, 1.54) is 19.1 Å². The maximum absolute atomic E-state index is 12.1. The second kappa shape index (κ2) is 5.99. The van der Waals surface area contributed by atoms with Crippen molar-refractivity contribution in [2.45, 2.75) is 19.7 Å². The minimum absolute atomic E-state index is 0.0800. The van der Waals surface area contributed by atoms with Crippen molar-refractivity contribution < 1.29 is 22.7 Å². The van der Waals surface area contributed by atoms with Gasteiger partial charge >= 0.3 is 6.36 Å². The van der Waals surface area contributed by atoms with Crippen LogP contribution in [0.2, 0.25) is 0 Å². The fraction of sp³-hybridized carbons (Fsp3) is 0.188. The Morgan fingerprint density at radius 2 is 1.43 bits per heavy atom. The third kappa shape index (κ3) is 4.63. The molecule has 2 aromatic carbocycles. The first-order valence-electron chi connectivity index (χ1n) is 6.28. The van der Waals surface area contributed by atoms with Gasteiger partial charge < -0.3 is 4.74 Å². The minimum atomic E-state index is -4.68. The molecule has 0 aliphatic carbocycles. The van der Waals surface area contributed by atoms with E-state index >= 15 is 0 Å². The first-order chi connectivity index (χ1) is 9.83. The summed E-state index contributed by atoms with van der Waals surface area (Å²) in [5.41, 5.74) is 2.54. The van der Waals surface area contributed by atoms with Crippen LogP contribution in [0.3, 0.4) is 0 Å². The van der Waals surface area contributed by atoms with Crippen LogP contribution in [0.5, 0.6) is 5.75 Å². The molecule has 0 amide bonds. The number of hydrogen-bond donors (Lipinski definition) is 0. The lowest BCUT2D eigenvalue weighted by molar-refractivity contribution is -0.274. The largest absolute Gasteiger partial charge is 0.573 e. The van der Waals surface area contributed by atoms with Crippen LogP contribution in [0, 0.1) is 0 Å². The summed E-state index contributed by atoms with van der Waals surface area (Å²) in [6.07, 6.45) is -4.31. The van der Waals surface area contributed by atoms with Crippen molar-refractivity contribution in [2.24, 2.45) is 0 Å². The number of ether oxygens (including phenoxy) is 1. The Balaban J connectivity index is 2.13. The van der Waals surface area contributed by atoms with Crippen LogP contribution < -0.4 is 4.74 Å². The quantitative estimate of drug-likeness (QED) is 0.836. The first-order valence-corrected chi connectivity index (χ1v) is 6.28. The highest BCUT2D eigenvalue weighted by Gasteiger charge is 2.30. The second-order valence-corrected chi connectivity index (χ2v) is 4.65. The van der Waals surface area contributed by atoms with Crippen molar-refractivity contribution in [1.29, 1.82) is 0 Å². The highest BCUT2D eigenvalue weighted by molar-refractivity contribution is 5.78. The van der Waals surface area contributed by atoms with E-state index in [1.54, 1.807) is 12.1 Å². The van der Waals surface area contributed by atoms with Crippen LogP contribution in [-0.2, 0) is 11.2 Å². The Hall–Kier alpha value is -2.30. The molecule has 2 nitrogen and oxygen atoms in total. The van der Waals surface area contributed by atoms with Crippen molar-refractivity contribution in [3.8, 4) is 16.9 Å². The van der Waals surface area contributed by atoms with Gasteiger partial charge in [-0.05, 0) is 35.7 Å².